The van der Waals surface area contributed by atoms with Crippen LogP contribution in [0.1, 0.15) is 16.7 Å². The normalized spacial score (nSPS) is 11.0. The first kappa shape index (κ1) is 19.5. The van der Waals surface area contributed by atoms with Gasteiger partial charge in [0.1, 0.15) is 0 Å². The van der Waals surface area contributed by atoms with Crippen molar-refractivity contribution in [2.45, 2.75) is 6.92 Å². The molecule has 32 heavy (non-hydrogen) atoms. The molecule has 0 atom stereocenters. The second-order valence-corrected chi connectivity index (χ2v) is 10.8. The Morgan fingerprint density at radius 1 is 0.625 bits per heavy atom. The van der Waals surface area contributed by atoms with E-state index in [0.29, 0.717) is 0 Å². The zero-order valence-corrected chi connectivity index (χ0v) is 19.8. The van der Waals surface area contributed by atoms with E-state index in [0.717, 1.165) is 11.1 Å². The van der Waals surface area contributed by atoms with Gasteiger partial charge in [-0.3, -0.25) is 0 Å². The highest BCUT2D eigenvalue weighted by molar-refractivity contribution is 7.28. The van der Waals surface area contributed by atoms with Gasteiger partial charge in [0.2, 0.25) is 0 Å². The van der Waals surface area contributed by atoms with Crippen molar-refractivity contribution in [1.82, 2.24) is 0 Å². The average Bonchev–Trinajstić information content (AvgIpc) is 3.55. The molecule has 0 bridgehead atoms. The van der Waals surface area contributed by atoms with Crippen molar-refractivity contribution in [2.75, 3.05) is 0 Å². The van der Waals surface area contributed by atoms with Gasteiger partial charge in [-0.25, -0.2) is 0 Å². The Bertz CT molecular complexity index is 1620. The number of aryl methyl sites for hydroxylation is 1. The molecule has 0 spiro atoms. The molecule has 0 saturated heterocycles. The van der Waals surface area contributed by atoms with Crippen molar-refractivity contribution in [2.24, 2.45) is 0 Å². The molecular weight excluding hydrogens is 445 g/mol. The van der Waals surface area contributed by atoms with Crippen LogP contribution in [0.5, 0.6) is 0 Å². The zero-order valence-electron chi connectivity index (χ0n) is 17.4. The SMILES string of the molecule is Cc1ccc(C#Cc2c(-c3c(-c4cccs4)sc4ccccc34)sc3ccccc23)cc1. The third kappa shape index (κ3) is 3.38. The Morgan fingerprint density at radius 3 is 2.06 bits per heavy atom. The number of rotatable bonds is 2. The molecular formula is C29H18S3. The minimum atomic E-state index is 1.05. The first-order valence-electron chi connectivity index (χ1n) is 10.4. The summed E-state index contributed by atoms with van der Waals surface area (Å²) in [5.74, 6) is 7.00. The van der Waals surface area contributed by atoms with Crippen LogP contribution in [0.25, 0.3) is 40.4 Å². The Labute approximate surface area is 199 Å². The zero-order chi connectivity index (χ0) is 21.5. The lowest BCUT2D eigenvalue weighted by Crippen LogP contribution is -1.81. The minimum Gasteiger partial charge on any atom is -0.143 e. The van der Waals surface area contributed by atoms with Gasteiger partial charge in [0.25, 0.3) is 0 Å². The first-order valence-corrected chi connectivity index (χ1v) is 13.0. The molecule has 0 fully saturated rings. The van der Waals surface area contributed by atoms with Gasteiger partial charge in [-0.15, -0.1) is 34.0 Å². The summed E-state index contributed by atoms with van der Waals surface area (Å²) in [5, 5.41) is 4.71. The molecule has 0 N–H and O–H groups in total. The molecule has 0 saturated carbocycles. The fraction of sp³-hybridized carbons (Fsp3) is 0.0345. The van der Waals surface area contributed by atoms with Crippen molar-refractivity contribution in [3.8, 4) is 32.0 Å². The Kier molecular flexibility index (Phi) is 4.92. The highest BCUT2D eigenvalue weighted by atomic mass is 32.1. The number of hydrogen-bond acceptors (Lipinski definition) is 3. The summed E-state index contributed by atoms with van der Waals surface area (Å²) >= 11 is 5.54. The molecule has 6 rings (SSSR count). The van der Waals surface area contributed by atoms with Crippen LogP contribution < -0.4 is 0 Å². The van der Waals surface area contributed by atoms with E-state index in [4.69, 9.17) is 0 Å². The highest BCUT2D eigenvalue weighted by Crippen LogP contribution is 2.50. The lowest BCUT2D eigenvalue weighted by Gasteiger charge is -2.03. The van der Waals surface area contributed by atoms with E-state index in [1.165, 1.54) is 45.9 Å². The summed E-state index contributed by atoms with van der Waals surface area (Å²) in [7, 11) is 0. The van der Waals surface area contributed by atoms with E-state index in [2.05, 4.69) is 109 Å². The largest absolute Gasteiger partial charge is 0.143 e. The maximum atomic E-state index is 3.57. The topological polar surface area (TPSA) is 0 Å². The lowest BCUT2D eigenvalue weighted by molar-refractivity contribution is 1.46. The number of hydrogen-bond donors (Lipinski definition) is 0. The van der Waals surface area contributed by atoms with Gasteiger partial charge in [-0.1, -0.05) is 72.0 Å². The van der Waals surface area contributed by atoms with Crippen LogP contribution in [0.3, 0.4) is 0 Å². The molecule has 0 aliphatic heterocycles. The lowest BCUT2D eigenvalue weighted by atomic mass is 10.0. The standard InChI is InChI=1S/C29H18S3/c1-19-12-14-20(15-13-19)16-17-22-21-7-2-4-9-24(21)31-28(22)27-23-8-3-5-10-25(23)32-29(27)26-11-6-18-30-26/h2-15,18H,1H3. The number of benzene rings is 3. The molecule has 3 heteroatoms. The quantitative estimate of drug-likeness (QED) is 0.225. The second kappa shape index (κ2) is 8.07. The third-order valence-electron chi connectivity index (χ3n) is 5.55. The third-order valence-corrected chi connectivity index (χ3v) is 8.96. The Morgan fingerprint density at radius 2 is 1.31 bits per heavy atom. The van der Waals surface area contributed by atoms with Gasteiger partial charge in [0, 0.05) is 36.2 Å². The average molecular weight is 463 g/mol. The maximum Gasteiger partial charge on any atom is 0.0542 e. The maximum absolute atomic E-state index is 3.57. The van der Waals surface area contributed by atoms with E-state index in [1.54, 1.807) is 11.3 Å². The monoisotopic (exact) mass is 462 g/mol. The van der Waals surface area contributed by atoms with Crippen LogP contribution in [0, 0.1) is 18.8 Å². The Hall–Kier alpha value is -3.16. The van der Waals surface area contributed by atoms with Crippen LogP contribution >= 0.6 is 34.0 Å². The molecule has 3 heterocycles. The minimum absolute atomic E-state index is 1.05. The molecule has 152 valence electrons. The Balaban J connectivity index is 1.65. The van der Waals surface area contributed by atoms with Gasteiger partial charge in [-0.05, 0) is 42.6 Å². The molecule has 3 aromatic heterocycles. The fourth-order valence-corrected chi connectivity index (χ4v) is 7.33. The first-order chi connectivity index (χ1) is 15.8. The molecule has 0 nitrogen and oxygen atoms in total. The predicted octanol–water partition coefficient (Wildman–Crippen LogP) is 9.22. The van der Waals surface area contributed by atoms with Crippen molar-refractivity contribution >= 4 is 54.2 Å². The number of thiophene rings is 3. The molecule has 0 aliphatic carbocycles. The van der Waals surface area contributed by atoms with Gasteiger partial charge in [-0.2, -0.15) is 0 Å². The molecule has 0 radical (unpaired) electrons. The van der Waals surface area contributed by atoms with Gasteiger partial charge < -0.3 is 0 Å². The predicted molar refractivity (Wildman–Crippen MR) is 143 cm³/mol. The summed E-state index contributed by atoms with van der Waals surface area (Å²) in [6.07, 6.45) is 0. The summed E-state index contributed by atoms with van der Waals surface area (Å²) in [5.41, 5.74) is 4.75. The van der Waals surface area contributed by atoms with Crippen molar-refractivity contribution in [1.29, 1.82) is 0 Å². The van der Waals surface area contributed by atoms with Crippen LogP contribution in [0.15, 0.2) is 90.3 Å². The highest BCUT2D eigenvalue weighted by Gasteiger charge is 2.21. The van der Waals surface area contributed by atoms with Crippen LogP contribution in [0.2, 0.25) is 0 Å². The summed E-state index contributed by atoms with van der Waals surface area (Å²) in [6, 6.07) is 30.2. The molecule has 0 unspecified atom stereocenters. The van der Waals surface area contributed by atoms with Crippen LogP contribution in [-0.4, -0.2) is 0 Å². The number of fused-ring (bicyclic) bond motifs is 2. The smallest absolute Gasteiger partial charge is 0.0542 e. The van der Waals surface area contributed by atoms with Crippen molar-refractivity contribution in [3.63, 3.8) is 0 Å². The van der Waals surface area contributed by atoms with E-state index in [-0.39, 0.29) is 0 Å². The van der Waals surface area contributed by atoms with Crippen LogP contribution in [-0.2, 0) is 0 Å². The van der Waals surface area contributed by atoms with E-state index in [9.17, 15) is 0 Å². The summed E-state index contributed by atoms with van der Waals surface area (Å²) in [6.45, 7) is 2.11. The molecule has 6 aromatic rings. The van der Waals surface area contributed by atoms with Crippen molar-refractivity contribution in [3.05, 3.63) is 107 Å². The van der Waals surface area contributed by atoms with Gasteiger partial charge in [0.15, 0.2) is 0 Å². The summed E-state index contributed by atoms with van der Waals surface area (Å²) in [4.78, 5) is 3.92. The molecule has 0 aliphatic rings. The summed E-state index contributed by atoms with van der Waals surface area (Å²) < 4.78 is 2.60. The van der Waals surface area contributed by atoms with Crippen molar-refractivity contribution < 1.29 is 0 Å². The second-order valence-electron chi connectivity index (χ2n) is 7.70. The van der Waals surface area contributed by atoms with E-state index >= 15 is 0 Å². The van der Waals surface area contributed by atoms with Gasteiger partial charge >= 0.3 is 0 Å². The van der Waals surface area contributed by atoms with Gasteiger partial charge in [0.05, 0.1) is 15.3 Å². The molecule has 0 amide bonds. The van der Waals surface area contributed by atoms with E-state index in [1.807, 2.05) is 22.7 Å². The van der Waals surface area contributed by atoms with Crippen LogP contribution in [0.4, 0.5) is 0 Å². The fourth-order valence-electron chi connectivity index (χ4n) is 3.97. The molecule has 3 aromatic carbocycles. The van der Waals surface area contributed by atoms with E-state index < -0.39 is 0 Å².